The lowest BCUT2D eigenvalue weighted by atomic mass is 10.1. The maximum Gasteiger partial charge on any atom is 0.337 e. The largest absolute Gasteiger partial charge is 0.478 e. The molecule has 0 aromatic heterocycles. The van der Waals surface area contributed by atoms with Crippen molar-refractivity contribution < 1.29 is 15.0 Å². The second-order valence-corrected chi connectivity index (χ2v) is 4.64. The molecule has 1 aliphatic rings. The zero-order valence-corrected chi connectivity index (χ0v) is 9.81. The fraction of sp³-hybridized carbons (Fsp3) is 0.462. The number of rotatable bonds is 5. The number of carboxylic acid groups (broad SMARTS) is 1. The molecule has 0 bridgehead atoms. The van der Waals surface area contributed by atoms with Crippen LogP contribution in [0.1, 0.15) is 28.8 Å². The predicted molar refractivity (Wildman–Crippen MR) is 65.4 cm³/mol. The smallest absolute Gasteiger partial charge is 0.337 e. The normalized spacial score (nSPS) is 16.6. The van der Waals surface area contributed by atoms with Crippen molar-refractivity contribution in [3.63, 3.8) is 0 Å². The van der Waals surface area contributed by atoms with E-state index in [2.05, 4.69) is 5.32 Å². The van der Waals surface area contributed by atoms with Gasteiger partial charge in [0.1, 0.15) is 0 Å². The first-order valence-electron chi connectivity index (χ1n) is 5.84. The summed E-state index contributed by atoms with van der Waals surface area (Å²) in [7, 11) is 0. The highest BCUT2D eigenvalue weighted by atomic mass is 16.4. The lowest BCUT2D eigenvalue weighted by Gasteiger charge is -2.14. The molecule has 92 valence electrons. The van der Waals surface area contributed by atoms with Crippen LogP contribution in [0.15, 0.2) is 18.2 Å². The second kappa shape index (κ2) is 4.75. The number of hydrogen-bond donors (Lipinski definition) is 3. The van der Waals surface area contributed by atoms with Gasteiger partial charge in [-0.2, -0.15) is 0 Å². The monoisotopic (exact) mass is 235 g/mol. The van der Waals surface area contributed by atoms with Gasteiger partial charge in [0.05, 0.1) is 11.7 Å². The first-order valence-corrected chi connectivity index (χ1v) is 5.84. The Morgan fingerprint density at radius 2 is 2.24 bits per heavy atom. The summed E-state index contributed by atoms with van der Waals surface area (Å²) in [6, 6.07) is 5.15. The summed E-state index contributed by atoms with van der Waals surface area (Å²) in [4.78, 5) is 11.0. The minimum atomic E-state index is -0.951. The van der Waals surface area contributed by atoms with Crippen LogP contribution >= 0.6 is 0 Å². The summed E-state index contributed by atoms with van der Waals surface area (Å²) in [6.45, 7) is 2.32. The third kappa shape index (κ3) is 2.97. The Morgan fingerprint density at radius 3 is 2.82 bits per heavy atom. The molecule has 0 saturated heterocycles. The van der Waals surface area contributed by atoms with Gasteiger partial charge in [-0.05, 0) is 43.4 Å². The van der Waals surface area contributed by atoms with Crippen LogP contribution in [-0.2, 0) is 0 Å². The molecule has 1 unspecified atom stereocenters. The molecular weight excluding hydrogens is 218 g/mol. The van der Waals surface area contributed by atoms with Crippen LogP contribution in [0.5, 0.6) is 0 Å². The minimum absolute atomic E-state index is 0.249. The van der Waals surface area contributed by atoms with E-state index < -0.39 is 5.97 Å². The summed E-state index contributed by atoms with van der Waals surface area (Å²) in [5, 5.41) is 21.8. The number of carboxylic acids is 1. The summed E-state index contributed by atoms with van der Waals surface area (Å²) >= 11 is 0. The van der Waals surface area contributed by atoms with E-state index in [0.29, 0.717) is 18.2 Å². The maximum absolute atomic E-state index is 11.0. The SMILES string of the molecule is Cc1ccc(C(=O)O)c(NCC(O)C2CC2)c1. The van der Waals surface area contributed by atoms with Gasteiger partial charge < -0.3 is 15.5 Å². The molecule has 1 aliphatic carbocycles. The van der Waals surface area contributed by atoms with Gasteiger partial charge in [0.15, 0.2) is 0 Å². The van der Waals surface area contributed by atoms with Crippen molar-refractivity contribution >= 4 is 11.7 Å². The Hall–Kier alpha value is -1.55. The molecule has 1 fully saturated rings. The first-order chi connectivity index (χ1) is 8.08. The molecule has 2 rings (SSSR count). The van der Waals surface area contributed by atoms with Crippen molar-refractivity contribution in [3.05, 3.63) is 29.3 Å². The number of nitrogens with one attached hydrogen (secondary N) is 1. The van der Waals surface area contributed by atoms with Crippen molar-refractivity contribution in [2.24, 2.45) is 5.92 Å². The molecule has 0 aliphatic heterocycles. The fourth-order valence-electron chi connectivity index (χ4n) is 1.85. The summed E-state index contributed by atoms with van der Waals surface area (Å²) in [6.07, 6.45) is 1.77. The van der Waals surface area contributed by atoms with E-state index in [1.54, 1.807) is 18.2 Å². The minimum Gasteiger partial charge on any atom is -0.478 e. The number of hydrogen-bond acceptors (Lipinski definition) is 3. The quantitative estimate of drug-likeness (QED) is 0.728. The van der Waals surface area contributed by atoms with E-state index in [0.717, 1.165) is 18.4 Å². The van der Waals surface area contributed by atoms with Gasteiger partial charge in [-0.15, -0.1) is 0 Å². The molecule has 3 N–H and O–H groups in total. The number of benzene rings is 1. The third-order valence-electron chi connectivity index (χ3n) is 3.07. The zero-order chi connectivity index (χ0) is 12.4. The van der Waals surface area contributed by atoms with Gasteiger partial charge in [-0.1, -0.05) is 6.07 Å². The molecule has 1 saturated carbocycles. The fourth-order valence-corrected chi connectivity index (χ4v) is 1.85. The van der Waals surface area contributed by atoms with Crippen LogP contribution in [0.25, 0.3) is 0 Å². The van der Waals surface area contributed by atoms with Crippen LogP contribution in [0.2, 0.25) is 0 Å². The molecule has 1 aromatic carbocycles. The van der Waals surface area contributed by atoms with Crippen molar-refractivity contribution in [2.75, 3.05) is 11.9 Å². The van der Waals surface area contributed by atoms with E-state index in [1.165, 1.54) is 0 Å². The molecule has 0 radical (unpaired) electrons. The standard InChI is InChI=1S/C13H17NO3/c1-8-2-5-10(13(16)17)11(6-8)14-7-12(15)9-3-4-9/h2,5-6,9,12,14-15H,3-4,7H2,1H3,(H,16,17). The molecule has 0 spiro atoms. The van der Waals surface area contributed by atoms with Crippen LogP contribution in [0.4, 0.5) is 5.69 Å². The number of aryl methyl sites for hydroxylation is 1. The van der Waals surface area contributed by atoms with Gasteiger partial charge in [0, 0.05) is 12.2 Å². The van der Waals surface area contributed by atoms with E-state index in [1.807, 2.05) is 6.92 Å². The van der Waals surface area contributed by atoms with Crippen molar-refractivity contribution in [3.8, 4) is 0 Å². The number of aliphatic hydroxyl groups excluding tert-OH is 1. The zero-order valence-electron chi connectivity index (χ0n) is 9.81. The van der Waals surface area contributed by atoms with E-state index >= 15 is 0 Å². The van der Waals surface area contributed by atoms with Crippen molar-refractivity contribution in [1.29, 1.82) is 0 Å². The maximum atomic E-state index is 11.0. The van der Waals surface area contributed by atoms with E-state index in [9.17, 15) is 9.90 Å². The Balaban J connectivity index is 2.07. The molecule has 1 atom stereocenters. The van der Waals surface area contributed by atoms with Gasteiger partial charge in [0.25, 0.3) is 0 Å². The Morgan fingerprint density at radius 1 is 1.53 bits per heavy atom. The van der Waals surface area contributed by atoms with Crippen LogP contribution in [0, 0.1) is 12.8 Å². The number of anilines is 1. The molecule has 17 heavy (non-hydrogen) atoms. The second-order valence-electron chi connectivity index (χ2n) is 4.64. The number of carbonyl (C=O) groups is 1. The molecule has 0 amide bonds. The Kier molecular flexibility index (Phi) is 3.33. The van der Waals surface area contributed by atoms with E-state index in [-0.39, 0.29) is 11.7 Å². The number of aromatic carboxylic acids is 1. The van der Waals surface area contributed by atoms with Crippen molar-refractivity contribution in [1.82, 2.24) is 0 Å². The molecule has 0 heterocycles. The Bertz CT molecular complexity index is 427. The van der Waals surface area contributed by atoms with E-state index in [4.69, 9.17) is 5.11 Å². The highest BCUT2D eigenvalue weighted by Gasteiger charge is 2.29. The predicted octanol–water partition coefficient (Wildman–Crippen LogP) is 1.88. The molecule has 1 aromatic rings. The lowest BCUT2D eigenvalue weighted by molar-refractivity contribution is 0.0697. The molecule has 4 nitrogen and oxygen atoms in total. The molecule has 4 heteroatoms. The number of aliphatic hydroxyl groups is 1. The highest BCUT2D eigenvalue weighted by Crippen LogP contribution is 2.32. The van der Waals surface area contributed by atoms with Crippen LogP contribution in [0.3, 0.4) is 0 Å². The third-order valence-corrected chi connectivity index (χ3v) is 3.07. The summed E-state index contributed by atoms with van der Waals surface area (Å²) in [5.41, 5.74) is 1.83. The van der Waals surface area contributed by atoms with Crippen LogP contribution in [-0.4, -0.2) is 28.8 Å². The first kappa shape index (κ1) is 11.9. The average molecular weight is 235 g/mol. The topological polar surface area (TPSA) is 69.6 Å². The average Bonchev–Trinajstić information content (AvgIpc) is 3.09. The van der Waals surface area contributed by atoms with Gasteiger partial charge in [-0.3, -0.25) is 0 Å². The van der Waals surface area contributed by atoms with Gasteiger partial charge in [0.2, 0.25) is 0 Å². The summed E-state index contributed by atoms with van der Waals surface area (Å²) in [5.74, 6) is -0.561. The summed E-state index contributed by atoms with van der Waals surface area (Å²) < 4.78 is 0. The van der Waals surface area contributed by atoms with Crippen molar-refractivity contribution in [2.45, 2.75) is 25.9 Å². The van der Waals surface area contributed by atoms with Gasteiger partial charge >= 0.3 is 5.97 Å². The highest BCUT2D eigenvalue weighted by molar-refractivity contribution is 5.94. The Labute approximate surface area is 100 Å². The van der Waals surface area contributed by atoms with Gasteiger partial charge in [-0.25, -0.2) is 4.79 Å². The lowest BCUT2D eigenvalue weighted by Crippen LogP contribution is -2.22. The van der Waals surface area contributed by atoms with Crippen LogP contribution < -0.4 is 5.32 Å². The molecular formula is C13H17NO3.